The van der Waals surface area contributed by atoms with Crippen LogP contribution in [0.5, 0.6) is 0 Å². The second-order valence-electron chi connectivity index (χ2n) is 5.42. The molecular formula is C16H13ClFN3O3. The molecule has 0 spiro atoms. The predicted octanol–water partition coefficient (Wildman–Crippen LogP) is 2.15. The Labute approximate surface area is 141 Å². The third-order valence-corrected chi connectivity index (χ3v) is 4.17. The molecule has 1 aromatic carbocycles. The second-order valence-corrected chi connectivity index (χ2v) is 5.83. The molecule has 0 radical (unpaired) electrons. The Hall–Kier alpha value is -2.67. The number of rotatable bonds is 4. The predicted molar refractivity (Wildman–Crippen MR) is 85.6 cm³/mol. The Morgan fingerprint density at radius 1 is 1.25 bits per heavy atom. The van der Waals surface area contributed by atoms with Gasteiger partial charge in [0.15, 0.2) is 0 Å². The van der Waals surface area contributed by atoms with E-state index in [-0.39, 0.29) is 16.3 Å². The number of anilines is 1. The summed E-state index contributed by atoms with van der Waals surface area (Å²) in [5, 5.41) is 2.50. The van der Waals surface area contributed by atoms with Crippen molar-refractivity contribution < 1.29 is 18.8 Å². The normalized spacial score (nSPS) is 12.8. The fourth-order valence-electron chi connectivity index (χ4n) is 2.80. The molecule has 0 atom stereocenters. The van der Waals surface area contributed by atoms with Crippen LogP contribution in [-0.4, -0.2) is 22.2 Å². The van der Waals surface area contributed by atoms with E-state index in [0.29, 0.717) is 24.3 Å². The van der Waals surface area contributed by atoms with Crippen LogP contribution in [0.1, 0.15) is 33.0 Å². The van der Waals surface area contributed by atoms with Crippen molar-refractivity contribution in [3.63, 3.8) is 0 Å². The van der Waals surface area contributed by atoms with E-state index >= 15 is 0 Å². The van der Waals surface area contributed by atoms with Crippen molar-refractivity contribution in [2.45, 2.75) is 19.4 Å². The van der Waals surface area contributed by atoms with Crippen molar-refractivity contribution in [1.82, 2.24) is 4.57 Å². The van der Waals surface area contributed by atoms with E-state index in [9.17, 15) is 18.8 Å². The van der Waals surface area contributed by atoms with E-state index in [0.717, 1.165) is 12.5 Å². The molecule has 1 aliphatic rings. The molecule has 124 valence electrons. The lowest BCUT2D eigenvalue weighted by Crippen LogP contribution is -2.25. The topological polar surface area (TPSA) is 94.2 Å². The molecule has 0 unspecified atom stereocenters. The monoisotopic (exact) mass is 349 g/mol. The average Bonchev–Trinajstić information content (AvgIpc) is 3.12. The number of aromatic nitrogens is 1. The summed E-state index contributed by atoms with van der Waals surface area (Å²) in [5.74, 6) is -2.96. The first-order chi connectivity index (χ1) is 11.4. The summed E-state index contributed by atoms with van der Waals surface area (Å²) in [4.78, 5) is 35.5. The lowest BCUT2D eigenvalue weighted by molar-refractivity contribution is -0.114. The fourth-order valence-corrected chi connectivity index (χ4v) is 2.98. The highest BCUT2D eigenvalue weighted by molar-refractivity contribution is 6.42. The highest BCUT2D eigenvalue weighted by atomic mass is 35.5. The zero-order chi connectivity index (χ0) is 17.4. The minimum Gasteiger partial charge on any atom is -0.363 e. The maximum absolute atomic E-state index is 13.2. The Morgan fingerprint density at radius 3 is 2.67 bits per heavy atom. The summed E-state index contributed by atoms with van der Waals surface area (Å²) in [6.45, 7) is 0.541. The minimum atomic E-state index is -1.07. The molecule has 8 heteroatoms. The Morgan fingerprint density at radius 2 is 2.00 bits per heavy atom. The van der Waals surface area contributed by atoms with Crippen LogP contribution in [0.2, 0.25) is 5.02 Å². The van der Waals surface area contributed by atoms with Crippen molar-refractivity contribution in [2.75, 3.05) is 5.32 Å². The first-order valence-electron chi connectivity index (χ1n) is 7.21. The third-order valence-electron chi connectivity index (χ3n) is 3.88. The average molecular weight is 350 g/mol. The number of benzene rings is 1. The second kappa shape index (κ2) is 6.09. The number of amides is 2. The number of carbonyl (C=O) groups excluding carboxylic acids is 3. The van der Waals surface area contributed by atoms with Gasteiger partial charge in [0.2, 0.25) is 0 Å². The number of nitrogens with zero attached hydrogens (tertiary/aromatic N) is 1. The number of ketones is 1. The van der Waals surface area contributed by atoms with Crippen molar-refractivity contribution in [3.05, 3.63) is 52.1 Å². The van der Waals surface area contributed by atoms with Crippen LogP contribution in [0, 0.1) is 5.82 Å². The smallest absolute Gasteiger partial charge is 0.291 e. The van der Waals surface area contributed by atoms with Gasteiger partial charge in [-0.3, -0.25) is 14.4 Å². The molecule has 6 nitrogen and oxygen atoms in total. The molecule has 1 aliphatic heterocycles. The van der Waals surface area contributed by atoms with Gasteiger partial charge in [0.1, 0.15) is 5.82 Å². The summed E-state index contributed by atoms with van der Waals surface area (Å²) >= 11 is 5.69. The first-order valence-corrected chi connectivity index (χ1v) is 7.59. The van der Waals surface area contributed by atoms with Crippen LogP contribution in [-0.2, 0) is 17.8 Å². The van der Waals surface area contributed by atoms with Crippen LogP contribution in [0.25, 0.3) is 0 Å². The summed E-state index contributed by atoms with van der Waals surface area (Å²) in [5.41, 5.74) is 6.44. The van der Waals surface area contributed by atoms with Gasteiger partial charge in [-0.2, -0.15) is 0 Å². The van der Waals surface area contributed by atoms with E-state index < -0.39 is 23.4 Å². The SMILES string of the molecule is NC(=O)C(=O)c1cc(C(=O)Nc2ccc(F)c(Cl)c2)c2n1CCC2. The van der Waals surface area contributed by atoms with Gasteiger partial charge < -0.3 is 15.6 Å². The molecule has 24 heavy (non-hydrogen) atoms. The zero-order valence-corrected chi connectivity index (χ0v) is 13.2. The number of primary amides is 1. The van der Waals surface area contributed by atoms with Gasteiger partial charge in [-0.1, -0.05) is 11.6 Å². The van der Waals surface area contributed by atoms with Gasteiger partial charge in [-0.15, -0.1) is 0 Å². The van der Waals surface area contributed by atoms with Crippen LogP contribution in [0.3, 0.4) is 0 Å². The van der Waals surface area contributed by atoms with Gasteiger partial charge in [0.25, 0.3) is 17.6 Å². The van der Waals surface area contributed by atoms with Crippen LogP contribution < -0.4 is 11.1 Å². The van der Waals surface area contributed by atoms with Gasteiger partial charge in [0.05, 0.1) is 16.3 Å². The summed E-state index contributed by atoms with van der Waals surface area (Å²) < 4.78 is 14.8. The molecule has 1 aromatic heterocycles. The lowest BCUT2D eigenvalue weighted by Gasteiger charge is -2.06. The highest BCUT2D eigenvalue weighted by Crippen LogP contribution is 2.26. The van der Waals surface area contributed by atoms with E-state index in [2.05, 4.69) is 5.32 Å². The highest BCUT2D eigenvalue weighted by Gasteiger charge is 2.28. The van der Waals surface area contributed by atoms with Crippen molar-refractivity contribution in [2.24, 2.45) is 5.73 Å². The molecule has 3 N–H and O–H groups in total. The molecule has 0 saturated heterocycles. The quantitative estimate of drug-likeness (QED) is 0.654. The van der Waals surface area contributed by atoms with Gasteiger partial charge in [-0.25, -0.2) is 4.39 Å². The molecule has 0 saturated carbocycles. The number of carbonyl (C=O) groups is 3. The summed E-state index contributed by atoms with van der Waals surface area (Å²) in [7, 11) is 0. The third kappa shape index (κ3) is 2.78. The van der Waals surface area contributed by atoms with Crippen LogP contribution in [0.15, 0.2) is 24.3 Å². The molecule has 2 heterocycles. The van der Waals surface area contributed by atoms with Gasteiger partial charge in [0, 0.05) is 17.9 Å². The van der Waals surface area contributed by atoms with Crippen LogP contribution >= 0.6 is 11.6 Å². The number of hydrogen-bond acceptors (Lipinski definition) is 3. The molecule has 0 fully saturated rings. The number of hydrogen-bond donors (Lipinski definition) is 2. The molecule has 0 aliphatic carbocycles. The van der Waals surface area contributed by atoms with E-state index in [1.54, 1.807) is 4.57 Å². The number of fused-ring (bicyclic) bond motifs is 1. The lowest BCUT2D eigenvalue weighted by atomic mass is 10.1. The zero-order valence-electron chi connectivity index (χ0n) is 12.4. The number of nitrogens with two attached hydrogens (primary N) is 1. The van der Waals surface area contributed by atoms with E-state index in [1.165, 1.54) is 18.2 Å². The Bertz CT molecular complexity index is 876. The summed E-state index contributed by atoms with van der Waals surface area (Å²) in [6.07, 6.45) is 1.37. The van der Waals surface area contributed by atoms with Crippen molar-refractivity contribution in [3.8, 4) is 0 Å². The standard InChI is InChI=1S/C16H13ClFN3O3/c17-10-6-8(3-4-11(10)18)20-16(24)9-7-13(14(22)15(19)23)21-5-1-2-12(9)21/h3-4,6-7H,1-2,5H2,(H2,19,23)(H,20,24). The van der Waals surface area contributed by atoms with Gasteiger partial charge in [-0.05, 0) is 37.1 Å². The van der Waals surface area contributed by atoms with Gasteiger partial charge >= 0.3 is 0 Å². The number of Topliss-reactive ketones (excluding diaryl/α,β-unsaturated/α-hetero) is 1. The maximum Gasteiger partial charge on any atom is 0.291 e. The van der Waals surface area contributed by atoms with Crippen LogP contribution in [0.4, 0.5) is 10.1 Å². The minimum absolute atomic E-state index is 0.109. The Balaban J connectivity index is 1.93. The van der Waals surface area contributed by atoms with Crippen molar-refractivity contribution in [1.29, 1.82) is 0 Å². The Kier molecular flexibility index (Phi) is 4.11. The first kappa shape index (κ1) is 16.2. The van der Waals surface area contributed by atoms with E-state index in [4.69, 9.17) is 17.3 Å². The van der Waals surface area contributed by atoms with E-state index in [1.807, 2.05) is 0 Å². The maximum atomic E-state index is 13.2. The molecule has 2 amide bonds. The number of nitrogens with one attached hydrogen (secondary N) is 1. The molecule has 0 bridgehead atoms. The summed E-state index contributed by atoms with van der Waals surface area (Å²) in [6, 6.07) is 5.18. The fraction of sp³-hybridized carbons (Fsp3) is 0.188. The molecule has 3 rings (SSSR count). The van der Waals surface area contributed by atoms with Crippen molar-refractivity contribution >= 4 is 34.9 Å². The number of halogens is 2. The largest absolute Gasteiger partial charge is 0.363 e. The molecular weight excluding hydrogens is 337 g/mol. The molecule has 2 aromatic rings.